The highest BCUT2D eigenvalue weighted by Crippen LogP contribution is 2.24. The number of carbonyl (C=O) groups is 1. The van der Waals surface area contributed by atoms with Crippen molar-refractivity contribution in [1.82, 2.24) is 10.3 Å². The zero-order valence-corrected chi connectivity index (χ0v) is 13.3. The number of fused-ring (bicyclic) bond motifs is 1. The topological polar surface area (TPSA) is 54.5 Å². The van der Waals surface area contributed by atoms with Crippen LogP contribution in [0.2, 0.25) is 0 Å². The van der Waals surface area contributed by atoms with Gasteiger partial charge in [-0.25, -0.2) is 0 Å². The number of methoxy groups -OCH3 is 1. The minimum Gasteiger partial charge on any atom is -0.383 e. The van der Waals surface area contributed by atoms with Crippen LogP contribution < -0.4 is 10.2 Å². The van der Waals surface area contributed by atoms with Gasteiger partial charge >= 0.3 is 0 Å². The SMILES string of the molecule is COCCNC(=O)c1cc(N2CCc3ccccc3C2)ccn1. The van der Waals surface area contributed by atoms with Crippen molar-refractivity contribution in [3.63, 3.8) is 0 Å². The molecule has 1 aromatic carbocycles. The summed E-state index contributed by atoms with van der Waals surface area (Å²) < 4.78 is 4.94. The lowest BCUT2D eigenvalue weighted by Crippen LogP contribution is -2.31. The number of nitrogens with zero attached hydrogens (tertiary/aromatic N) is 2. The summed E-state index contributed by atoms with van der Waals surface area (Å²) in [6.07, 6.45) is 2.72. The van der Waals surface area contributed by atoms with Crippen molar-refractivity contribution in [3.05, 3.63) is 59.4 Å². The number of ether oxygens (including phenoxy) is 1. The van der Waals surface area contributed by atoms with Crippen LogP contribution in [0.5, 0.6) is 0 Å². The van der Waals surface area contributed by atoms with Crippen LogP contribution in [-0.4, -0.2) is 37.7 Å². The van der Waals surface area contributed by atoms with E-state index >= 15 is 0 Å². The van der Waals surface area contributed by atoms with Gasteiger partial charge in [-0.05, 0) is 29.7 Å². The average molecular weight is 311 g/mol. The molecule has 3 rings (SSSR count). The van der Waals surface area contributed by atoms with Gasteiger partial charge in [0.2, 0.25) is 0 Å². The van der Waals surface area contributed by atoms with Gasteiger partial charge in [-0.3, -0.25) is 9.78 Å². The van der Waals surface area contributed by atoms with Crippen molar-refractivity contribution in [2.24, 2.45) is 0 Å². The lowest BCUT2D eigenvalue weighted by molar-refractivity contribution is 0.0932. The molecule has 0 unspecified atom stereocenters. The van der Waals surface area contributed by atoms with Crippen LogP contribution in [0.1, 0.15) is 21.6 Å². The number of pyridine rings is 1. The monoisotopic (exact) mass is 311 g/mol. The molecular weight excluding hydrogens is 290 g/mol. The van der Waals surface area contributed by atoms with Crippen LogP contribution in [0.4, 0.5) is 5.69 Å². The van der Waals surface area contributed by atoms with Crippen LogP contribution >= 0.6 is 0 Å². The number of hydrogen-bond donors (Lipinski definition) is 1. The molecule has 0 radical (unpaired) electrons. The minimum atomic E-state index is -0.165. The third kappa shape index (κ3) is 3.68. The van der Waals surface area contributed by atoms with Crippen LogP contribution in [-0.2, 0) is 17.7 Å². The number of rotatable bonds is 5. The quantitative estimate of drug-likeness (QED) is 0.858. The molecule has 0 saturated carbocycles. The molecule has 0 bridgehead atoms. The summed E-state index contributed by atoms with van der Waals surface area (Å²) in [6, 6.07) is 12.3. The standard InChI is InChI=1S/C18H21N3O2/c1-23-11-9-20-18(22)17-12-16(6-8-19-17)21-10-7-14-4-2-3-5-15(14)13-21/h2-6,8,12H,7,9-11,13H2,1H3,(H,20,22). The zero-order valence-electron chi connectivity index (χ0n) is 13.3. The lowest BCUT2D eigenvalue weighted by atomic mass is 9.99. The Labute approximate surface area is 136 Å². The van der Waals surface area contributed by atoms with E-state index < -0.39 is 0 Å². The third-order valence-corrected chi connectivity index (χ3v) is 4.06. The summed E-state index contributed by atoms with van der Waals surface area (Å²) in [4.78, 5) is 18.6. The van der Waals surface area contributed by atoms with Gasteiger partial charge in [-0.15, -0.1) is 0 Å². The van der Waals surface area contributed by atoms with Gasteiger partial charge in [0.05, 0.1) is 6.61 Å². The van der Waals surface area contributed by atoms with Crippen molar-refractivity contribution < 1.29 is 9.53 Å². The number of nitrogens with one attached hydrogen (secondary N) is 1. The van der Waals surface area contributed by atoms with Crippen LogP contribution in [0.3, 0.4) is 0 Å². The summed E-state index contributed by atoms with van der Waals surface area (Å²) >= 11 is 0. The molecule has 120 valence electrons. The molecule has 1 amide bonds. The van der Waals surface area contributed by atoms with E-state index in [1.807, 2.05) is 12.1 Å². The first-order valence-corrected chi connectivity index (χ1v) is 7.83. The van der Waals surface area contributed by atoms with Crippen molar-refractivity contribution in [1.29, 1.82) is 0 Å². The normalized spacial score (nSPS) is 13.5. The fraction of sp³-hybridized carbons (Fsp3) is 0.333. The Morgan fingerprint density at radius 3 is 2.96 bits per heavy atom. The minimum absolute atomic E-state index is 0.165. The molecular formula is C18H21N3O2. The molecule has 23 heavy (non-hydrogen) atoms. The van der Waals surface area contributed by atoms with Gasteiger partial charge in [-0.1, -0.05) is 24.3 Å². The summed E-state index contributed by atoms with van der Waals surface area (Å²) in [5, 5.41) is 2.80. The van der Waals surface area contributed by atoms with E-state index in [9.17, 15) is 4.79 Å². The number of carbonyl (C=O) groups excluding carboxylic acids is 1. The van der Waals surface area contributed by atoms with Gasteiger partial charge in [-0.2, -0.15) is 0 Å². The maximum Gasteiger partial charge on any atom is 0.270 e. The molecule has 0 spiro atoms. The lowest BCUT2D eigenvalue weighted by Gasteiger charge is -2.30. The second-order valence-corrected chi connectivity index (χ2v) is 5.59. The van der Waals surface area contributed by atoms with Crippen molar-refractivity contribution in [2.75, 3.05) is 31.7 Å². The molecule has 1 aromatic heterocycles. The van der Waals surface area contributed by atoms with Crippen LogP contribution in [0.25, 0.3) is 0 Å². The first-order chi connectivity index (χ1) is 11.3. The number of benzene rings is 1. The summed E-state index contributed by atoms with van der Waals surface area (Å²) in [6.45, 7) is 2.79. The molecule has 0 fully saturated rings. The van der Waals surface area contributed by atoms with E-state index in [2.05, 4.69) is 39.5 Å². The fourth-order valence-electron chi connectivity index (χ4n) is 2.81. The smallest absolute Gasteiger partial charge is 0.270 e. The zero-order chi connectivity index (χ0) is 16.1. The molecule has 2 heterocycles. The first-order valence-electron chi connectivity index (χ1n) is 7.83. The summed E-state index contributed by atoms with van der Waals surface area (Å²) in [5.41, 5.74) is 4.24. The molecule has 1 aliphatic rings. The van der Waals surface area contributed by atoms with Crippen molar-refractivity contribution >= 4 is 11.6 Å². The molecule has 1 N–H and O–H groups in total. The fourth-order valence-corrected chi connectivity index (χ4v) is 2.81. The van der Waals surface area contributed by atoms with Crippen LogP contribution in [0.15, 0.2) is 42.6 Å². The molecule has 0 atom stereocenters. The van der Waals surface area contributed by atoms with E-state index in [-0.39, 0.29) is 5.91 Å². The van der Waals surface area contributed by atoms with Crippen molar-refractivity contribution in [3.8, 4) is 0 Å². The average Bonchev–Trinajstić information content (AvgIpc) is 2.61. The van der Waals surface area contributed by atoms with Crippen molar-refractivity contribution in [2.45, 2.75) is 13.0 Å². The molecule has 0 saturated heterocycles. The van der Waals surface area contributed by atoms with E-state index in [0.717, 1.165) is 25.2 Å². The Hall–Kier alpha value is -2.40. The highest BCUT2D eigenvalue weighted by atomic mass is 16.5. The summed E-state index contributed by atoms with van der Waals surface area (Å²) in [5.74, 6) is -0.165. The van der Waals surface area contributed by atoms with Crippen LogP contribution in [0, 0.1) is 0 Å². The van der Waals surface area contributed by atoms with Gasteiger partial charge in [0.15, 0.2) is 0 Å². The summed E-state index contributed by atoms with van der Waals surface area (Å²) in [7, 11) is 1.61. The largest absolute Gasteiger partial charge is 0.383 e. The Kier molecular flexibility index (Phi) is 4.88. The second kappa shape index (κ2) is 7.24. The maximum atomic E-state index is 12.1. The molecule has 0 aliphatic carbocycles. The van der Waals surface area contributed by atoms with E-state index in [1.165, 1.54) is 11.1 Å². The molecule has 2 aromatic rings. The second-order valence-electron chi connectivity index (χ2n) is 5.59. The van der Waals surface area contributed by atoms with E-state index in [4.69, 9.17) is 4.74 Å². The Morgan fingerprint density at radius 1 is 1.30 bits per heavy atom. The number of anilines is 1. The van der Waals surface area contributed by atoms with Gasteiger partial charge in [0, 0.05) is 38.6 Å². The van der Waals surface area contributed by atoms with Gasteiger partial charge < -0.3 is 15.0 Å². The molecule has 5 nitrogen and oxygen atoms in total. The first kappa shape index (κ1) is 15.5. The van der Waals surface area contributed by atoms with Gasteiger partial charge in [0.1, 0.15) is 5.69 Å². The third-order valence-electron chi connectivity index (χ3n) is 4.06. The van der Waals surface area contributed by atoms with E-state index in [0.29, 0.717) is 18.8 Å². The maximum absolute atomic E-state index is 12.1. The number of hydrogen-bond acceptors (Lipinski definition) is 4. The Balaban J connectivity index is 1.72. The highest BCUT2D eigenvalue weighted by molar-refractivity contribution is 5.93. The molecule has 5 heteroatoms. The number of aromatic nitrogens is 1. The Morgan fingerprint density at radius 2 is 2.13 bits per heavy atom. The van der Waals surface area contributed by atoms with E-state index in [1.54, 1.807) is 13.3 Å². The number of amides is 1. The molecule has 1 aliphatic heterocycles. The predicted octanol–water partition coefficient (Wildman–Crippen LogP) is 2.02. The predicted molar refractivity (Wildman–Crippen MR) is 89.6 cm³/mol. The Bertz CT molecular complexity index is 687. The highest BCUT2D eigenvalue weighted by Gasteiger charge is 2.17. The van der Waals surface area contributed by atoms with Gasteiger partial charge in [0.25, 0.3) is 5.91 Å².